The molecule has 2 aromatic rings. The average molecular weight is 382 g/mol. The van der Waals surface area contributed by atoms with E-state index in [1.54, 1.807) is 30.3 Å². The molecule has 0 radical (unpaired) electrons. The Labute approximate surface area is 143 Å². The van der Waals surface area contributed by atoms with Crippen LogP contribution in [0.2, 0.25) is 0 Å². The summed E-state index contributed by atoms with van der Waals surface area (Å²) < 4.78 is 82.5. The van der Waals surface area contributed by atoms with E-state index in [1.165, 1.54) is 11.9 Å². The lowest BCUT2D eigenvalue weighted by molar-refractivity contribution is -0.156. The first-order valence-electron chi connectivity index (χ1n) is 6.97. The summed E-state index contributed by atoms with van der Waals surface area (Å²) in [6.45, 7) is -3.44. The predicted molar refractivity (Wildman–Crippen MR) is 77.4 cm³/mol. The third-order valence-corrected chi connectivity index (χ3v) is 2.76. The van der Waals surface area contributed by atoms with E-state index >= 15 is 0 Å². The van der Waals surface area contributed by atoms with E-state index in [1.807, 2.05) is 0 Å². The molecule has 1 heterocycles. The average Bonchev–Trinajstić information content (AvgIpc) is 2.57. The van der Waals surface area contributed by atoms with Gasteiger partial charge in [-0.1, -0.05) is 18.2 Å². The zero-order chi connectivity index (χ0) is 19.4. The lowest BCUT2D eigenvalue weighted by atomic mass is 10.3. The molecule has 0 N–H and O–H groups in total. The van der Waals surface area contributed by atoms with Gasteiger partial charge in [0.2, 0.25) is 5.95 Å². The first kappa shape index (κ1) is 19.5. The maximum absolute atomic E-state index is 12.3. The molecule has 0 aliphatic carbocycles. The van der Waals surface area contributed by atoms with E-state index < -0.39 is 37.6 Å². The van der Waals surface area contributed by atoms with Gasteiger partial charge in [0.05, 0.1) is 0 Å². The predicted octanol–water partition coefficient (Wildman–Crippen LogP) is 3.52. The van der Waals surface area contributed by atoms with Crippen molar-refractivity contribution in [1.29, 1.82) is 0 Å². The molecule has 0 amide bonds. The molecule has 1 aromatic carbocycles. The van der Waals surface area contributed by atoms with Crippen LogP contribution in [-0.2, 0) is 0 Å². The summed E-state index contributed by atoms with van der Waals surface area (Å²) in [5.41, 5.74) is 0.530. The number of halogens is 6. The molecule has 26 heavy (non-hydrogen) atoms. The monoisotopic (exact) mass is 382 g/mol. The minimum Gasteiger partial charge on any atom is -0.454 e. The van der Waals surface area contributed by atoms with Gasteiger partial charge in [0, 0.05) is 12.7 Å². The van der Waals surface area contributed by atoms with Crippen LogP contribution in [0, 0.1) is 0 Å². The molecule has 0 aliphatic heterocycles. The molecule has 0 spiro atoms. The van der Waals surface area contributed by atoms with Gasteiger partial charge in [-0.3, -0.25) is 0 Å². The zero-order valence-corrected chi connectivity index (χ0v) is 13.2. The smallest absolute Gasteiger partial charge is 0.422 e. The first-order valence-corrected chi connectivity index (χ1v) is 6.97. The van der Waals surface area contributed by atoms with Crippen molar-refractivity contribution < 1.29 is 35.8 Å². The van der Waals surface area contributed by atoms with Crippen molar-refractivity contribution >= 4 is 11.6 Å². The Morgan fingerprint density at radius 2 is 1.27 bits per heavy atom. The quantitative estimate of drug-likeness (QED) is 0.713. The Morgan fingerprint density at radius 3 is 1.69 bits per heavy atom. The topological polar surface area (TPSA) is 60.4 Å². The van der Waals surface area contributed by atoms with Crippen molar-refractivity contribution in [2.75, 3.05) is 25.2 Å². The number of anilines is 2. The summed E-state index contributed by atoms with van der Waals surface area (Å²) in [7, 11) is 1.46. The number of rotatable bonds is 6. The molecule has 2 rings (SSSR count). The fraction of sp³-hybridized carbons (Fsp3) is 0.357. The minimum atomic E-state index is -4.68. The first-order chi connectivity index (χ1) is 12.0. The number of hydrogen-bond acceptors (Lipinski definition) is 6. The second-order valence-electron chi connectivity index (χ2n) is 4.90. The fourth-order valence-corrected chi connectivity index (χ4v) is 1.67. The third kappa shape index (κ3) is 6.26. The molecular weight excluding hydrogens is 370 g/mol. The van der Waals surface area contributed by atoms with Gasteiger partial charge in [-0.25, -0.2) is 0 Å². The molecule has 12 heteroatoms. The Hall–Kier alpha value is -2.79. The highest BCUT2D eigenvalue weighted by atomic mass is 19.4. The van der Waals surface area contributed by atoms with Gasteiger partial charge in [0.15, 0.2) is 13.2 Å². The maximum Gasteiger partial charge on any atom is 0.422 e. The molecule has 1 aromatic heterocycles. The molecule has 0 unspecified atom stereocenters. The van der Waals surface area contributed by atoms with Crippen LogP contribution >= 0.6 is 0 Å². The van der Waals surface area contributed by atoms with Crippen LogP contribution in [0.15, 0.2) is 30.3 Å². The highest BCUT2D eigenvalue weighted by molar-refractivity contribution is 5.56. The van der Waals surface area contributed by atoms with Gasteiger partial charge >= 0.3 is 24.4 Å². The molecule has 0 aliphatic rings. The largest absolute Gasteiger partial charge is 0.454 e. The van der Waals surface area contributed by atoms with Crippen LogP contribution < -0.4 is 14.4 Å². The lowest BCUT2D eigenvalue weighted by Crippen LogP contribution is -2.23. The number of hydrogen-bond donors (Lipinski definition) is 0. The van der Waals surface area contributed by atoms with Gasteiger partial charge in [0.25, 0.3) is 0 Å². The number of para-hydroxylation sites is 1. The van der Waals surface area contributed by atoms with Gasteiger partial charge in [-0.2, -0.15) is 36.3 Å². The van der Waals surface area contributed by atoms with E-state index in [-0.39, 0.29) is 5.95 Å². The van der Waals surface area contributed by atoms with Gasteiger partial charge in [-0.15, -0.1) is 4.98 Å². The molecule has 0 fully saturated rings. The fourth-order valence-electron chi connectivity index (χ4n) is 1.67. The van der Waals surface area contributed by atoms with Crippen molar-refractivity contribution in [1.82, 2.24) is 15.0 Å². The Balaban J connectivity index is 2.30. The van der Waals surface area contributed by atoms with Crippen LogP contribution in [-0.4, -0.2) is 47.6 Å². The Morgan fingerprint density at radius 1 is 0.808 bits per heavy atom. The highest BCUT2D eigenvalue weighted by Crippen LogP contribution is 2.25. The summed E-state index contributed by atoms with van der Waals surface area (Å²) in [6.07, 6.45) is -9.35. The minimum absolute atomic E-state index is 0.249. The summed E-state index contributed by atoms with van der Waals surface area (Å²) in [5.74, 6) is -0.249. The van der Waals surface area contributed by atoms with Gasteiger partial charge < -0.3 is 14.4 Å². The van der Waals surface area contributed by atoms with E-state index in [9.17, 15) is 26.3 Å². The van der Waals surface area contributed by atoms with Crippen LogP contribution in [0.5, 0.6) is 12.0 Å². The highest BCUT2D eigenvalue weighted by Gasteiger charge is 2.31. The van der Waals surface area contributed by atoms with Gasteiger partial charge in [0.1, 0.15) is 0 Å². The zero-order valence-electron chi connectivity index (χ0n) is 13.2. The SMILES string of the molecule is CN(c1ccccc1)c1nc(OCC(F)(F)F)nc(OCC(F)(F)F)n1. The van der Waals surface area contributed by atoms with E-state index in [0.29, 0.717) is 5.69 Å². The van der Waals surface area contributed by atoms with E-state index in [4.69, 9.17) is 0 Å². The van der Waals surface area contributed by atoms with E-state index in [0.717, 1.165) is 0 Å². The number of nitrogens with zero attached hydrogens (tertiary/aromatic N) is 4. The van der Waals surface area contributed by atoms with Gasteiger partial charge in [-0.05, 0) is 12.1 Å². The van der Waals surface area contributed by atoms with Crippen LogP contribution in [0.1, 0.15) is 0 Å². The second-order valence-corrected chi connectivity index (χ2v) is 4.90. The molecular formula is C14H12F6N4O2. The van der Waals surface area contributed by atoms with Crippen LogP contribution in [0.4, 0.5) is 38.0 Å². The molecule has 142 valence electrons. The second kappa shape index (κ2) is 7.62. The summed E-state index contributed by atoms with van der Waals surface area (Å²) >= 11 is 0. The molecule has 0 bridgehead atoms. The number of benzene rings is 1. The standard InChI is InChI=1S/C14H12F6N4O2/c1-24(9-5-3-2-4-6-9)10-21-11(25-7-13(15,16)17)23-12(22-10)26-8-14(18,19)20/h2-6H,7-8H2,1H3. The summed E-state index contributed by atoms with van der Waals surface area (Å²) in [5, 5.41) is 0. The van der Waals surface area contributed by atoms with Crippen LogP contribution in [0.3, 0.4) is 0 Å². The Kier molecular flexibility index (Phi) is 5.73. The Bertz CT molecular complexity index is 687. The van der Waals surface area contributed by atoms with Crippen molar-refractivity contribution in [3.63, 3.8) is 0 Å². The number of ether oxygens (including phenoxy) is 2. The van der Waals surface area contributed by atoms with Crippen molar-refractivity contribution in [3.8, 4) is 12.0 Å². The van der Waals surface area contributed by atoms with Crippen molar-refractivity contribution in [2.24, 2.45) is 0 Å². The van der Waals surface area contributed by atoms with Crippen molar-refractivity contribution in [2.45, 2.75) is 12.4 Å². The van der Waals surface area contributed by atoms with Crippen molar-refractivity contribution in [3.05, 3.63) is 30.3 Å². The molecule has 0 atom stereocenters. The number of alkyl halides is 6. The molecule has 0 saturated heterocycles. The summed E-state index contributed by atoms with van der Waals surface area (Å²) in [6, 6.07) is 6.72. The molecule has 0 saturated carbocycles. The number of aromatic nitrogens is 3. The lowest BCUT2D eigenvalue weighted by Gasteiger charge is -2.18. The molecule has 6 nitrogen and oxygen atoms in total. The van der Waals surface area contributed by atoms with Crippen LogP contribution in [0.25, 0.3) is 0 Å². The van der Waals surface area contributed by atoms with E-state index in [2.05, 4.69) is 24.4 Å². The normalized spacial score (nSPS) is 12.0. The maximum atomic E-state index is 12.3. The summed E-state index contributed by atoms with van der Waals surface area (Å²) in [4.78, 5) is 12.0. The third-order valence-electron chi connectivity index (χ3n) is 2.76.